The van der Waals surface area contributed by atoms with Crippen LogP contribution >= 0.6 is 0 Å². The molecule has 0 spiro atoms. The lowest BCUT2D eigenvalue weighted by atomic mass is 9.87. The standard InChI is InChI=1S/C17H23NO/c1-4-5-8-14(11-12(2)19)17-13(3)18-16-10-7-6-9-15(16)17/h6-7,9-10,14,18H,4-5,8,11H2,1-3H3/t14-/m0/s1. The van der Waals surface area contributed by atoms with Crippen LogP contribution in [0.4, 0.5) is 0 Å². The monoisotopic (exact) mass is 257 g/mol. The molecule has 0 radical (unpaired) electrons. The Kier molecular flexibility index (Phi) is 4.41. The minimum Gasteiger partial charge on any atom is -0.358 e. The van der Waals surface area contributed by atoms with Crippen molar-refractivity contribution in [3.63, 3.8) is 0 Å². The van der Waals surface area contributed by atoms with Crippen LogP contribution in [0.3, 0.4) is 0 Å². The predicted molar refractivity (Wildman–Crippen MR) is 80.6 cm³/mol. The molecule has 0 fully saturated rings. The quantitative estimate of drug-likeness (QED) is 0.797. The molecule has 1 N–H and O–H groups in total. The first-order chi connectivity index (χ1) is 9.13. The summed E-state index contributed by atoms with van der Waals surface area (Å²) < 4.78 is 0. The summed E-state index contributed by atoms with van der Waals surface area (Å²) >= 11 is 0. The van der Waals surface area contributed by atoms with Gasteiger partial charge in [-0.2, -0.15) is 0 Å². The molecule has 1 atom stereocenters. The number of ketones is 1. The molecule has 0 saturated heterocycles. The van der Waals surface area contributed by atoms with Gasteiger partial charge in [0.25, 0.3) is 0 Å². The number of para-hydroxylation sites is 1. The van der Waals surface area contributed by atoms with Crippen LogP contribution in [0.1, 0.15) is 56.7 Å². The van der Waals surface area contributed by atoms with Gasteiger partial charge in [-0.05, 0) is 37.8 Å². The average Bonchev–Trinajstić information content (AvgIpc) is 2.70. The summed E-state index contributed by atoms with van der Waals surface area (Å²) in [6, 6.07) is 8.39. The second-order valence-electron chi connectivity index (χ2n) is 5.45. The molecular formula is C17H23NO. The van der Waals surface area contributed by atoms with Gasteiger partial charge in [0.1, 0.15) is 5.78 Å². The summed E-state index contributed by atoms with van der Waals surface area (Å²) in [7, 11) is 0. The zero-order valence-electron chi connectivity index (χ0n) is 12.1. The number of hydrogen-bond donors (Lipinski definition) is 1. The SMILES string of the molecule is CCCC[C@@H](CC(C)=O)c1c(C)[nH]c2ccccc12. The van der Waals surface area contributed by atoms with E-state index in [0.717, 1.165) is 6.42 Å². The van der Waals surface area contributed by atoms with E-state index in [1.165, 1.54) is 35.0 Å². The van der Waals surface area contributed by atoms with Gasteiger partial charge in [0.05, 0.1) is 0 Å². The number of aromatic amines is 1. The van der Waals surface area contributed by atoms with Crippen molar-refractivity contribution < 1.29 is 4.79 Å². The van der Waals surface area contributed by atoms with Gasteiger partial charge in [-0.25, -0.2) is 0 Å². The maximum atomic E-state index is 11.5. The minimum absolute atomic E-state index is 0.283. The molecule has 0 saturated carbocycles. The maximum Gasteiger partial charge on any atom is 0.130 e. The fraction of sp³-hybridized carbons (Fsp3) is 0.471. The van der Waals surface area contributed by atoms with Gasteiger partial charge in [0.2, 0.25) is 0 Å². The number of carbonyl (C=O) groups excluding carboxylic acids is 1. The van der Waals surface area contributed by atoms with Crippen molar-refractivity contribution in [1.82, 2.24) is 4.98 Å². The molecule has 0 bridgehead atoms. The maximum absolute atomic E-state index is 11.5. The van der Waals surface area contributed by atoms with E-state index in [-0.39, 0.29) is 5.78 Å². The van der Waals surface area contributed by atoms with Crippen molar-refractivity contribution in [1.29, 1.82) is 0 Å². The molecule has 102 valence electrons. The molecule has 2 rings (SSSR count). The van der Waals surface area contributed by atoms with Gasteiger partial charge in [-0.15, -0.1) is 0 Å². The summed E-state index contributed by atoms with van der Waals surface area (Å²) in [6.07, 6.45) is 4.11. The van der Waals surface area contributed by atoms with Crippen molar-refractivity contribution in [3.8, 4) is 0 Å². The van der Waals surface area contributed by atoms with Gasteiger partial charge in [-0.1, -0.05) is 38.0 Å². The molecular weight excluding hydrogens is 234 g/mol. The van der Waals surface area contributed by atoms with E-state index >= 15 is 0 Å². The number of unbranched alkanes of at least 4 members (excludes halogenated alkanes) is 1. The van der Waals surface area contributed by atoms with Crippen molar-refractivity contribution >= 4 is 16.7 Å². The molecule has 1 heterocycles. The summed E-state index contributed by atoms with van der Waals surface area (Å²) in [4.78, 5) is 15.0. The highest BCUT2D eigenvalue weighted by Gasteiger charge is 2.19. The third kappa shape index (κ3) is 3.06. The van der Waals surface area contributed by atoms with Crippen LogP contribution in [-0.2, 0) is 4.79 Å². The third-order valence-electron chi connectivity index (χ3n) is 3.79. The number of fused-ring (bicyclic) bond motifs is 1. The van der Waals surface area contributed by atoms with E-state index in [4.69, 9.17) is 0 Å². The van der Waals surface area contributed by atoms with E-state index < -0.39 is 0 Å². The highest BCUT2D eigenvalue weighted by molar-refractivity contribution is 5.86. The highest BCUT2D eigenvalue weighted by atomic mass is 16.1. The lowest BCUT2D eigenvalue weighted by molar-refractivity contribution is -0.117. The predicted octanol–water partition coefficient (Wildman–Crippen LogP) is 4.73. The Labute approximate surface area is 115 Å². The minimum atomic E-state index is 0.283. The summed E-state index contributed by atoms with van der Waals surface area (Å²) in [5.41, 5.74) is 3.74. The smallest absolute Gasteiger partial charge is 0.130 e. The number of nitrogens with one attached hydrogen (secondary N) is 1. The number of Topliss-reactive ketones (excluding diaryl/α,β-unsaturated/α-hetero) is 1. The molecule has 0 unspecified atom stereocenters. The normalized spacial score (nSPS) is 12.8. The Bertz CT molecular complexity index is 568. The van der Waals surface area contributed by atoms with E-state index in [0.29, 0.717) is 12.3 Å². The van der Waals surface area contributed by atoms with Crippen LogP contribution in [-0.4, -0.2) is 10.8 Å². The molecule has 2 nitrogen and oxygen atoms in total. The van der Waals surface area contributed by atoms with Crippen LogP contribution in [0.5, 0.6) is 0 Å². The van der Waals surface area contributed by atoms with Crippen molar-refractivity contribution in [2.45, 2.75) is 52.4 Å². The number of aromatic nitrogens is 1. The van der Waals surface area contributed by atoms with Gasteiger partial charge in [0, 0.05) is 23.0 Å². The number of carbonyl (C=O) groups is 1. The Morgan fingerprint density at radius 2 is 2.05 bits per heavy atom. The van der Waals surface area contributed by atoms with Gasteiger partial charge >= 0.3 is 0 Å². The Balaban J connectivity index is 2.42. The fourth-order valence-corrected chi connectivity index (χ4v) is 2.97. The topological polar surface area (TPSA) is 32.9 Å². The van der Waals surface area contributed by atoms with Gasteiger partial charge in [-0.3, -0.25) is 0 Å². The molecule has 0 aliphatic rings. The number of aryl methyl sites for hydroxylation is 1. The van der Waals surface area contributed by atoms with Crippen LogP contribution in [0.15, 0.2) is 24.3 Å². The number of H-pyrrole nitrogens is 1. The molecule has 1 aromatic carbocycles. The summed E-state index contributed by atoms with van der Waals surface area (Å²) in [6.45, 7) is 6.02. The molecule has 0 amide bonds. The summed E-state index contributed by atoms with van der Waals surface area (Å²) in [5.74, 6) is 0.638. The molecule has 19 heavy (non-hydrogen) atoms. The van der Waals surface area contributed by atoms with Crippen molar-refractivity contribution in [2.75, 3.05) is 0 Å². The second kappa shape index (κ2) is 6.05. The van der Waals surface area contributed by atoms with E-state index in [2.05, 4.69) is 37.0 Å². The number of benzene rings is 1. The second-order valence-corrected chi connectivity index (χ2v) is 5.45. The third-order valence-corrected chi connectivity index (χ3v) is 3.79. The first kappa shape index (κ1) is 13.9. The first-order valence-corrected chi connectivity index (χ1v) is 7.20. The Hall–Kier alpha value is -1.57. The molecule has 2 heteroatoms. The van der Waals surface area contributed by atoms with E-state index in [1.54, 1.807) is 6.92 Å². The lowest BCUT2D eigenvalue weighted by Gasteiger charge is -2.16. The molecule has 0 aliphatic carbocycles. The molecule has 0 aliphatic heterocycles. The fourth-order valence-electron chi connectivity index (χ4n) is 2.97. The first-order valence-electron chi connectivity index (χ1n) is 7.20. The van der Waals surface area contributed by atoms with Crippen LogP contribution in [0, 0.1) is 6.92 Å². The molecule has 1 aromatic heterocycles. The van der Waals surface area contributed by atoms with Gasteiger partial charge in [0.15, 0.2) is 0 Å². The van der Waals surface area contributed by atoms with E-state index in [1.807, 2.05) is 6.07 Å². The van der Waals surface area contributed by atoms with Crippen LogP contribution < -0.4 is 0 Å². The Morgan fingerprint density at radius 1 is 1.32 bits per heavy atom. The van der Waals surface area contributed by atoms with Crippen LogP contribution in [0.2, 0.25) is 0 Å². The van der Waals surface area contributed by atoms with Crippen molar-refractivity contribution in [3.05, 3.63) is 35.5 Å². The van der Waals surface area contributed by atoms with Crippen molar-refractivity contribution in [2.24, 2.45) is 0 Å². The highest BCUT2D eigenvalue weighted by Crippen LogP contribution is 2.34. The summed E-state index contributed by atoms with van der Waals surface area (Å²) in [5, 5.41) is 1.28. The van der Waals surface area contributed by atoms with Gasteiger partial charge < -0.3 is 9.78 Å². The van der Waals surface area contributed by atoms with Crippen LogP contribution in [0.25, 0.3) is 10.9 Å². The number of hydrogen-bond acceptors (Lipinski definition) is 1. The average molecular weight is 257 g/mol. The van der Waals surface area contributed by atoms with E-state index in [9.17, 15) is 4.79 Å². The largest absolute Gasteiger partial charge is 0.358 e. The Morgan fingerprint density at radius 3 is 2.74 bits per heavy atom. The molecule has 2 aromatic rings. The lowest BCUT2D eigenvalue weighted by Crippen LogP contribution is -2.05. The zero-order chi connectivity index (χ0) is 13.8. The number of rotatable bonds is 6. The zero-order valence-corrected chi connectivity index (χ0v) is 12.1.